The van der Waals surface area contributed by atoms with E-state index in [9.17, 15) is 4.79 Å². The lowest BCUT2D eigenvalue weighted by molar-refractivity contribution is 0.112. The van der Waals surface area contributed by atoms with Crippen LogP contribution in [0.1, 0.15) is 10.5 Å². The van der Waals surface area contributed by atoms with Crippen molar-refractivity contribution in [2.45, 2.75) is 0 Å². The number of fused-ring (bicyclic) bond motifs is 1. The molecule has 3 aromatic heterocycles. The van der Waals surface area contributed by atoms with Crippen molar-refractivity contribution in [2.24, 2.45) is 0 Å². The molecule has 0 saturated heterocycles. The highest BCUT2D eigenvalue weighted by molar-refractivity contribution is 9.10. The van der Waals surface area contributed by atoms with Gasteiger partial charge in [-0.05, 0) is 24.3 Å². The van der Waals surface area contributed by atoms with E-state index in [0.29, 0.717) is 11.5 Å². The first-order chi connectivity index (χ1) is 8.79. The molecule has 5 heteroatoms. The Hall–Kier alpha value is -2.01. The number of imidazole rings is 1. The van der Waals surface area contributed by atoms with E-state index in [0.717, 1.165) is 22.0 Å². The summed E-state index contributed by atoms with van der Waals surface area (Å²) in [5.41, 5.74) is 1.92. The lowest BCUT2D eigenvalue weighted by Crippen LogP contribution is -1.90. The molecule has 0 saturated carbocycles. The Balaban J connectivity index is 2.34. The largest absolute Gasteiger partial charge is 0.298 e. The molecule has 0 N–H and O–H groups in total. The van der Waals surface area contributed by atoms with Crippen molar-refractivity contribution < 1.29 is 4.79 Å². The molecule has 0 amide bonds. The number of rotatable bonds is 2. The summed E-state index contributed by atoms with van der Waals surface area (Å²) >= 11 is 3.39. The Morgan fingerprint density at radius 2 is 2.17 bits per heavy atom. The standard InChI is InChI=1S/C13H8BrN3O/c14-9-4-6-17-12(7-9)11(8-18)16-13(17)10-3-1-2-5-15-10/h1-8H. The first kappa shape index (κ1) is 11.1. The number of halogens is 1. The van der Waals surface area contributed by atoms with Crippen LogP contribution in [-0.2, 0) is 0 Å². The Bertz CT molecular complexity index is 722. The molecule has 0 spiro atoms. The van der Waals surface area contributed by atoms with Crippen LogP contribution in [0, 0.1) is 0 Å². The van der Waals surface area contributed by atoms with Crippen LogP contribution >= 0.6 is 15.9 Å². The second-order valence-electron chi connectivity index (χ2n) is 3.75. The van der Waals surface area contributed by atoms with Crippen LogP contribution in [0.5, 0.6) is 0 Å². The Morgan fingerprint density at radius 1 is 1.28 bits per heavy atom. The monoisotopic (exact) mass is 301 g/mol. The molecule has 18 heavy (non-hydrogen) atoms. The molecule has 0 aliphatic carbocycles. The summed E-state index contributed by atoms with van der Waals surface area (Å²) in [4.78, 5) is 19.7. The number of aldehydes is 1. The van der Waals surface area contributed by atoms with E-state index in [-0.39, 0.29) is 0 Å². The van der Waals surface area contributed by atoms with Gasteiger partial charge in [-0.25, -0.2) is 4.98 Å². The fourth-order valence-corrected chi connectivity index (χ4v) is 2.18. The molecule has 0 aliphatic heterocycles. The number of hydrogen-bond donors (Lipinski definition) is 0. The Labute approximate surface area is 111 Å². The molecular formula is C13H8BrN3O. The lowest BCUT2D eigenvalue weighted by Gasteiger charge is -2.00. The average molecular weight is 302 g/mol. The first-order valence-corrected chi connectivity index (χ1v) is 6.13. The fraction of sp³-hybridized carbons (Fsp3) is 0. The average Bonchev–Trinajstić information content (AvgIpc) is 2.77. The zero-order valence-electron chi connectivity index (χ0n) is 9.25. The van der Waals surface area contributed by atoms with E-state index < -0.39 is 0 Å². The van der Waals surface area contributed by atoms with Crippen LogP contribution in [0.25, 0.3) is 17.0 Å². The maximum atomic E-state index is 11.1. The molecule has 3 heterocycles. The summed E-state index contributed by atoms with van der Waals surface area (Å²) < 4.78 is 2.77. The summed E-state index contributed by atoms with van der Waals surface area (Å²) in [7, 11) is 0. The van der Waals surface area contributed by atoms with Gasteiger partial charge >= 0.3 is 0 Å². The number of pyridine rings is 2. The van der Waals surface area contributed by atoms with Crippen molar-refractivity contribution in [2.75, 3.05) is 0 Å². The van der Waals surface area contributed by atoms with Gasteiger partial charge < -0.3 is 0 Å². The van der Waals surface area contributed by atoms with Crippen molar-refractivity contribution in [3.8, 4) is 11.5 Å². The number of aromatic nitrogens is 3. The molecule has 3 rings (SSSR count). The van der Waals surface area contributed by atoms with Crippen molar-refractivity contribution in [1.29, 1.82) is 0 Å². The van der Waals surface area contributed by atoms with Gasteiger partial charge in [0.25, 0.3) is 0 Å². The van der Waals surface area contributed by atoms with Gasteiger partial charge in [0.05, 0.1) is 5.52 Å². The van der Waals surface area contributed by atoms with Gasteiger partial charge in [0.1, 0.15) is 11.4 Å². The van der Waals surface area contributed by atoms with Crippen molar-refractivity contribution in [1.82, 2.24) is 14.4 Å². The van der Waals surface area contributed by atoms with Crippen LogP contribution in [0.2, 0.25) is 0 Å². The van der Waals surface area contributed by atoms with E-state index in [1.807, 2.05) is 40.9 Å². The van der Waals surface area contributed by atoms with Crippen LogP contribution in [-0.4, -0.2) is 20.7 Å². The number of nitrogens with zero attached hydrogens (tertiary/aromatic N) is 3. The highest BCUT2D eigenvalue weighted by Crippen LogP contribution is 2.22. The van der Waals surface area contributed by atoms with Crippen LogP contribution in [0.4, 0.5) is 0 Å². The maximum absolute atomic E-state index is 11.1. The normalized spacial score (nSPS) is 10.7. The topological polar surface area (TPSA) is 47.3 Å². The van der Waals surface area contributed by atoms with Crippen LogP contribution in [0.15, 0.2) is 47.2 Å². The maximum Gasteiger partial charge on any atom is 0.170 e. The highest BCUT2D eigenvalue weighted by Gasteiger charge is 2.12. The predicted octanol–water partition coefficient (Wildman–Crippen LogP) is 2.97. The molecule has 3 aromatic rings. The van der Waals surface area contributed by atoms with Gasteiger partial charge in [0, 0.05) is 16.9 Å². The number of carbonyl (C=O) groups is 1. The zero-order chi connectivity index (χ0) is 12.5. The van der Waals surface area contributed by atoms with E-state index in [2.05, 4.69) is 25.9 Å². The van der Waals surface area contributed by atoms with Crippen molar-refractivity contribution >= 4 is 27.7 Å². The molecule has 0 atom stereocenters. The molecule has 0 bridgehead atoms. The predicted molar refractivity (Wildman–Crippen MR) is 71.5 cm³/mol. The fourth-order valence-electron chi connectivity index (χ4n) is 1.84. The summed E-state index contributed by atoms with van der Waals surface area (Å²) in [5.74, 6) is 0.667. The highest BCUT2D eigenvalue weighted by atomic mass is 79.9. The number of carbonyl (C=O) groups excluding carboxylic acids is 1. The molecule has 0 radical (unpaired) electrons. The van der Waals surface area contributed by atoms with Crippen molar-refractivity contribution in [3.05, 3.63) is 52.9 Å². The minimum absolute atomic E-state index is 0.414. The minimum Gasteiger partial charge on any atom is -0.298 e. The molecular weight excluding hydrogens is 294 g/mol. The third kappa shape index (κ3) is 1.73. The second-order valence-corrected chi connectivity index (χ2v) is 4.67. The molecule has 0 unspecified atom stereocenters. The van der Waals surface area contributed by atoms with Gasteiger partial charge in [-0.3, -0.25) is 14.2 Å². The molecule has 0 aliphatic rings. The second kappa shape index (κ2) is 4.34. The smallest absolute Gasteiger partial charge is 0.170 e. The molecule has 0 fully saturated rings. The minimum atomic E-state index is 0.414. The lowest BCUT2D eigenvalue weighted by atomic mass is 10.3. The summed E-state index contributed by atoms with van der Waals surface area (Å²) in [6.45, 7) is 0. The van der Waals surface area contributed by atoms with Crippen LogP contribution in [0.3, 0.4) is 0 Å². The first-order valence-electron chi connectivity index (χ1n) is 5.34. The van der Waals surface area contributed by atoms with E-state index >= 15 is 0 Å². The SMILES string of the molecule is O=Cc1nc(-c2ccccn2)n2ccc(Br)cc12. The van der Waals surface area contributed by atoms with Crippen molar-refractivity contribution in [3.63, 3.8) is 0 Å². The quantitative estimate of drug-likeness (QED) is 0.684. The van der Waals surface area contributed by atoms with E-state index in [1.54, 1.807) is 6.20 Å². The van der Waals surface area contributed by atoms with Crippen LogP contribution < -0.4 is 0 Å². The summed E-state index contributed by atoms with van der Waals surface area (Å²) in [6.07, 6.45) is 4.33. The number of hydrogen-bond acceptors (Lipinski definition) is 3. The third-order valence-electron chi connectivity index (χ3n) is 2.64. The van der Waals surface area contributed by atoms with E-state index in [4.69, 9.17) is 0 Å². The van der Waals surface area contributed by atoms with Gasteiger partial charge in [-0.15, -0.1) is 0 Å². The molecule has 88 valence electrons. The summed E-state index contributed by atoms with van der Waals surface area (Å²) in [5, 5.41) is 0. The van der Waals surface area contributed by atoms with Gasteiger partial charge in [-0.1, -0.05) is 22.0 Å². The van der Waals surface area contributed by atoms with Gasteiger partial charge in [0.15, 0.2) is 12.1 Å². The van der Waals surface area contributed by atoms with Gasteiger partial charge in [0.2, 0.25) is 0 Å². The Kier molecular flexibility index (Phi) is 2.68. The zero-order valence-corrected chi connectivity index (χ0v) is 10.8. The Morgan fingerprint density at radius 3 is 2.89 bits per heavy atom. The van der Waals surface area contributed by atoms with Gasteiger partial charge in [-0.2, -0.15) is 0 Å². The molecule has 0 aromatic carbocycles. The molecule has 4 nitrogen and oxygen atoms in total. The summed E-state index contributed by atoms with van der Waals surface area (Å²) in [6, 6.07) is 9.36. The third-order valence-corrected chi connectivity index (χ3v) is 3.13. The van der Waals surface area contributed by atoms with E-state index in [1.165, 1.54) is 0 Å².